The topological polar surface area (TPSA) is 59.4 Å². The van der Waals surface area contributed by atoms with E-state index in [4.69, 9.17) is 23.2 Å². The van der Waals surface area contributed by atoms with Crippen LogP contribution in [0.4, 0.5) is 8.78 Å². The van der Waals surface area contributed by atoms with Crippen LogP contribution in [0.3, 0.4) is 0 Å². The summed E-state index contributed by atoms with van der Waals surface area (Å²) in [6.45, 7) is 0.742. The highest BCUT2D eigenvalue weighted by molar-refractivity contribution is 6.34. The molecule has 0 saturated heterocycles. The molecule has 23 heavy (non-hydrogen) atoms. The lowest BCUT2D eigenvalue weighted by molar-refractivity contribution is 0.0175. The lowest BCUT2D eigenvalue weighted by atomic mass is 10.0. The van der Waals surface area contributed by atoms with Gasteiger partial charge >= 0.3 is 5.97 Å². The first kappa shape index (κ1) is 17.4. The van der Waals surface area contributed by atoms with Gasteiger partial charge in [0.15, 0.2) is 5.69 Å². The molecule has 0 aliphatic heterocycles. The summed E-state index contributed by atoms with van der Waals surface area (Å²) in [5.41, 5.74) is -0.388. The first-order chi connectivity index (χ1) is 10.6. The van der Waals surface area contributed by atoms with E-state index < -0.39 is 11.9 Å². The van der Waals surface area contributed by atoms with E-state index in [0.29, 0.717) is 0 Å². The van der Waals surface area contributed by atoms with E-state index in [0.717, 1.165) is 32.2 Å². The molecular weight excluding hydrogens is 351 g/mol. The largest absolute Gasteiger partial charge is 0.506 e. The average Bonchev–Trinajstić information content (AvgIpc) is 2.46. The smallest absolute Gasteiger partial charge is 0.358 e. The van der Waals surface area contributed by atoms with Gasteiger partial charge in [-0.25, -0.2) is 18.6 Å². The highest BCUT2D eigenvalue weighted by Gasteiger charge is 2.26. The van der Waals surface area contributed by atoms with Crippen LogP contribution >= 0.6 is 23.2 Å². The number of halogens is 4. The van der Waals surface area contributed by atoms with Gasteiger partial charge in [0.25, 0.3) is 5.92 Å². The lowest BCUT2D eigenvalue weighted by Gasteiger charge is -2.14. The van der Waals surface area contributed by atoms with E-state index in [2.05, 4.69) is 9.72 Å². The number of benzene rings is 1. The number of rotatable bonds is 3. The SMILES string of the molecule is COC(=O)c1nc(-c2ccc(C(C)(F)F)cc2Cl)c(O)cc1Cl. The van der Waals surface area contributed by atoms with Gasteiger partial charge in [0, 0.05) is 24.1 Å². The van der Waals surface area contributed by atoms with Gasteiger partial charge in [-0.05, 0) is 6.07 Å². The second-order valence-corrected chi connectivity index (χ2v) is 5.58. The summed E-state index contributed by atoms with van der Waals surface area (Å²) in [5.74, 6) is -4.21. The maximum atomic E-state index is 13.3. The molecule has 0 fully saturated rings. The molecule has 2 rings (SSSR count). The maximum Gasteiger partial charge on any atom is 0.358 e. The molecular formula is C15H11Cl2F2NO3. The molecule has 122 valence electrons. The van der Waals surface area contributed by atoms with Crippen LogP contribution in [0.15, 0.2) is 24.3 Å². The molecule has 1 heterocycles. The fourth-order valence-corrected chi connectivity index (χ4v) is 2.39. The highest BCUT2D eigenvalue weighted by atomic mass is 35.5. The standard InChI is InChI=1S/C15H11Cl2F2NO3/c1-15(18,19)7-3-4-8(9(16)5-7)12-11(21)6-10(17)13(20-12)14(22)23-2/h3-6,21H,1-2H3. The first-order valence-electron chi connectivity index (χ1n) is 6.31. The molecule has 1 aromatic carbocycles. The van der Waals surface area contributed by atoms with Crippen molar-refractivity contribution in [1.82, 2.24) is 4.98 Å². The van der Waals surface area contributed by atoms with E-state index in [1.165, 1.54) is 6.07 Å². The second-order valence-electron chi connectivity index (χ2n) is 4.76. The molecule has 0 atom stereocenters. The van der Waals surface area contributed by atoms with Crippen LogP contribution in [0.1, 0.15) is 23.0 Å². The number of esters is 1. The minimum Gasteiger partial charge on any atom is -0.506 e. The third kappa shape index (κ3) is 3.54. The summed E-state index contributed by atoms with van der Waals surface area (Å²) in [6, 6.07) is 4.63. The molecule has 0 radical (unpaired) electrons. The number of hydrogen-bond donors (Lipinski definition) is 1. The van der Waals surface area contributed by atoms with E-state index in [-0.39, 0.29) is 38.3 Å². The summed E-state index contributed by atoms with van der Waals surface area (Å²) in [5, 5.41) is 9.81. The van der Waals surface area contributed by atoms with Crippen LogP contribution in [0.5, 0.6) is 5.75 Å². The van der Waals surface area contributed by atoms with Crippen LogP contribution in [-0.4, -0.2) is 23.2 Å². The van der Waals surface area contributed by atoms with Gasteiger partial charge in [0.2, 0.25) is 0 Å². The Balaban J connectivity index is 2.61. The number of carbonyl (C=O) groups excluding carboxylic acids is 1. The predicted octanol–water partition coefficient (Wildman–Crippen LogP) is 4.66. The van der Waals surface area contributed by atoms with Gasteiger partial charge in [-0.3, -0.25) is 0 Å². The molecule has 8 heteroatoms. The number of methoxy groups -OCH3 is 1. The van der Waals surface area contributed by atoms with Crippen molar-refractivity contribution in [1.29, 1.82) is 0 Å². The Hall–Kier alpha value is -1.92. The van der Waals surface area contributed by atoms with Gasteiger partial charge in [0.05, 0.1) is 17.2 Å². The predicted molar refractivity (Wildman–Crippen MR) is 82.3 cm³/mol. The minimum absolute atomic E-state index is 0.0510. The molecule has 0 saturated carbocycles. The first-order valence-corrected chi connectivity index (χ1v) is 7.06. The van der Waals surface area contributed by atoms with E-state index in [1.54, 1.807) is 0 Å². The fourth-order valence-electron chi connectivity index (χ4n) is 1.90. The van der Waals surface area contributed by atoms with Crippen molar-refractivity contribution >= 4 is 29.2 Å². The Labute approximate surface area is 140 Å². The van der Waals surface area contributed by atoms with Crippen LogP contribution in [0.25, 0.3) is 11.3 Å². The molecule has 0 aliphatic rings. The summed E-state index contributed by atoms with van der Waals surface area (Å²) < 4.78 is 31.2. The fraction of sp³-hybridized carbons (Fsp3) is 0.200. The highest BCUT2D eigenvalue weighted by Crippen LogP contribution is 2.38. The summed E-state index contributed by atoms with van der Waals surface area (Å²) in [6.07, 6.45) is 0. The number of pyridine rings is 1. The number of carbonyl (C=O) groups is 1. The van der Waals surface area contributed by atoms with Crippen LogP contribution in [0, 0.1) is 0 Å². The zero-order chi connectivity index (χ0) is 17.4. The zero-order valence-electron chi connectivity index (χ0n) is 12.0. The van der Waals surface area contributed by atoms with Crippen molar-refractivity contribution in [2.45, 2.75) is 12.8 Å². The minimum atomic E-state index is -3.06. The number of alkyl halides is 2. The molecule has 0 aliphatic carbocycles. The van der Waals surface area contributed by atoms with Crippen molar-refractivity contribution in [3.8, 4) is 17.0 Å². The Morgan fingerprint density at radius 1 is 1.26 bits per heavy atom. The molecule has 2 aromatic rings. The van der Waals surface area contributed by atoms with Crippen molar-refractivity contribution in [3.05, 3.63) is 45.6 Å². The van der Waals surface area contributed by atoms with Gasteiger partial charge in [0.1, 0.15) is 11.4 Å². The Morgan fingerprint density at radius 2 is 1.91 bits per heavy atom. The number of hydrogen-bond acceptors (Lipinski definition) is 4. The summed E-state index contributed by atoms with van der Waals surface area (Å²) in [4.78, 5) is 15.6. The number of aromatic nitrogens is 1. The van der Waals surface area contributed by atoms with Crippen LogP contribution < -0.4 is 0 Å². The van der Waals surface area contributed by atoms with Crippen LogP contribution in [0.2, 0.25) is 10.0 Å². The quantitative estimate of drug-likeness (QED) is 0.807. The molecule has 0 bridgehead atoms. The van der Waals surface area contributed by atoms with Gasteiger partial charge in [-0.1, -0.05) is 35.3 Å². The second kappa shape index (κ2) is 6.29. The molecule has 0 unspecified atom stereocenters. The number of aromatic hydroxyl groups is 1. The molecule has 4 nitrogen and oxygen atoms in total. The molecule has 0 amide bonds. The monoisotopic (exact) mass is 361 g/mol. The number of ether oxygens (including phenoxy) is 1. The lowest BCUT2D eigenvalue weighted by Crippen LogP contribution is -2.08. The van der Waals surface area contributed by atoms with Gasteiger partial charge in [-0.2, -0.15) is 0 Å². The Kier molecular flexibility index (Phi) is 4.77. The average molecular weight is 362 g/mol. The molecule has 0 spiro atoms. The van der Waals surface area contributed by atoms with E-state index >= 15 is 0 Å². The van der Waals surface area contributed by atoms with Crippen molar-refractivity contribution in [2.24, 2.45) is 0 Å². The summed E-state index contributed by atoms with van der Waals surface area (Å²) >= 11 is 11.8. The zero-order valence-corrected chi connectivity index (χ0v) is 13.5. The summed E-state index contributed by atoms with van der Waals surface area (Å²) in [7, 11) is 1.15. The molecule has 1 aromatic heterocycles. The third-order valence-electron chi connectivity index (χ3n) is 3.07. The third-order valence-corrected chi connectivity index (χ3v) is 3.67. The Morgan fingerprint density at radius 3 is 2.43 bits per heavy atom. The van der Waals surface area contributed by atoms with Crippen molar-refractivity contribution in [2.75, 3.05) is 7.11 Å². The number of nitrogens with zero attached hydrogens (tertiary/aromatic N) is 1. The van der Waals surface area contributed by atoms with Crippen LogP contribution in [-0.2, 0) is 10.7 Å². The van der Waals surface area contributed by atoms with Crippen molar-refractivity contribution in [3.63, 3.8) is 0 Å². The van der Waals surface area contributed by atoms with Gasteiger partial charge in [-0.15, -0.1) is 0 Å². The normalized spacial score (nSPS) is 11.4. The van der Waals surface area contributed by atoms with E-state index in [9.17, 15) is 18.7 Å². The van der Waals surface area contributed by atoms with Crippen molar-refractivity contribution < 1.29 is 23.4 Å². The van der Waals surface area contributed by atoms with E-state index in [1.807, 2.05) is 0 Å². The maximum absolute atomic E-state index is 13.3. The molecule has 1 N–H and O–H groups in total. The Bertz CT molecular complexity index is 776. The van der Waals surface area contributed by atoms with Gasteiger partial charge < -0.3 is 9.84 Å².